The lowest BCUT2D eigenvalue weighted by Gasteiger charge is -1.93. The second kappa shape index (κ2) is 2.86. The van der Waals surface area contributed by atoms with Gasteiger partial charge in [-0.05, 0) is 0 Å². The number of nitrogens with two attached hydrogens (primary N) is 2. The van der Waals surface area contributed by atoms with Gasteiger partial charge in [-0.25, -0.2) is 0 Å². The maximum Gasteiger partial charge on any atom is 0.244 e. The van der Waals surface area contributed by atoms with Crippen molar-refractivity contribution in [1.29, 1.82) is 0 Å². The van der Waals surface area contributed by atoms with Crippen LogP contribution in [0, 0.1) is 0 Å². The summed E-state index contributed by atoms with van der Waals surface area (Å²) in [5, 5.41) is 0. The van der Waals surface area contributed by atoms with Crippen LogP contribution >= 0.6 is 0 Å². The molecule has 4 nitrogen and oxygen atoms in total. The van der Waals surface area contributed by atoms with Crippen LogP contribution < -0.4 is 11.5 Å². The van der Waals surface area contributed by atoms with Crippen molar-refractivity contribution >= 4 is 11.8 Å². The van der Waals surface area contributed by atoms with Crippen molar-refractivity contribution in [1.82, 2.24) is 0 Å². The summed E-state index contributed by atoms with van der Waals surface area (Å²) in [4.78, 5) is 20.2. The highest BCUT2D eigenvalue weighted by molar-refractivity contribution is 5.96. The standard InChI is InChI=1S/C5H8N2O2/c1-3(5(7)9)2-4(6)8/h1-2H2,(H2,6,8)(H2,7,9). The molecule has 0 spiro atoms. The van der Waals surface area contributed by atoms with Crippen molar-refractivity contribution in [2.45, 2.75) is 6.42 Å². The van der Waals surface area contributed by atoms with E-state index in [1.807, 2.05) is 0 Å². The van der Waals surface area contributed by atoms with Crippen molar-refractivity contribution in [2.24, 2.45) is 11.5 Å². The third kappa shape index (κ3) is 3.28. The summed E-state index contributed by atoms with van der Waals surface area (Å²) < 4.78 is 0. The summed E-state index contributed by atoms with van der Waals surface area (Å²) >= 11 is 0. The summed E-state index contributed by atoms with van der Waals surface area (Å²) in [5.41, 5.74) is 9.51. The Morgan fingerprint density at radius 1 is 1.33 bits per heavy atom. The van der Waals surface area contributed by atoms with E-state index in [4.69, 9.17) is 11.5 Å². The van der Waals surface area contributed by atoms with Crippen molar-refractivity contribution < 1.29 is 9.59 Å². The van der Waals surface area contributed by atoms with Gasteiger partial charge in [-0.2, -0.15) is 0 Å². The predicted octanol–water partition coefficient (Wildman–Crippen LogP) is -1.10. The molecule has 0 aromatic carbocycles. The highest BCUT2D eigenvalue weighted by Gasteiger charge is 2.03. The number of carbonyl (C=O) groups is 2. The van der Waals surface area contributed by atoms with E-state index in [-0.39, 0.29) is 12.0 Å². The van der Waals surface area contributed by atoms with E-state index in [1.165, 1.54) is 0 Å². The lowest BCUT2D eigenvalue weighted by atomic mass is 10.2. The minimum absolute atomic E-state index is 0.0440. The molecule has 0 heterocycles. The van der Waals surface area contributed by atoms with Gasteiger partial charge in [0.2, 0.25) is 11.8 Å². The summed E-state index contributed by atoms with van der Waals surface area (Å²) in [6, 6.07) is 0. The zero-order valence-corrected chi connectivity index (χ0v) is 4.89. The molecule has 50 valence electrons. The van der Waals surface area contributed by atoms with Gasteiger partial charge in [0, 0.05) is 5.57 Å². The maximum atomic E-state index is 10.1. The molecule has 0 unspecified atom stereocenters. The first-order chi connectivity index (χ1) is 4.04. The number of rotatable bonds is 3. The van der Waals surface area contributed by atoms with Crippen molar-refractivity contribution in [3.05, 3.63) is 12.2 Å². The van der Waals surface area contributed by atoms with Gasteiger partial charge in [0.05, 0.1) is 6.42 Å². The monoisotopic (exact) mass is 128 g/mol. The smallest absolute Gasteiger partial charge is 0.244 e. The van der Waals surface area contributed by atoms with E-state index >= 15 is 0 Å². The molecule has 9 heavy (non-hydrogen) atoms. The van der Waals surface area contributed by atoms with Gasteiger partial charge in [0.1, 0.15) is 0 Å². The molecule has 0 rings (SSSR count). The fraction of sp³-hybridized carbons (Fsp3) is 0.200. The van der Waals surface area contributed by atoms with E-state index in [2.05, 4.69) is 6.58 Å². The summed E-state index contributed by atoms with van der Waals surface area (Å²) in [6.07, 6.45) is -0.157. The van der Waals surface area contributed by atoms with Crippen molar-refractivity contribution in [3.63, 3.8) is 0 Å². The lowest BCUT2D eigenvalue weighted by molar-refractivity contribution is -0.120. The normalized spacial score (nSPS) is 8.44. The molecule has 0 fully saturated rings. The molecule has 4 N–H and O–H groups in total. The number of hydrogen-bond donors (Lipinski definition) is 2. The van der Waals surface area contributed by atoms with Crippen LogP contribution in [-0.2, 0) is 9.59 Å². The summed E-state index contributed by atoms with van der Waals surface area (Å²) in [6.45, 7) is 3.22. The van der Waals surface area contributed by atoms with E-state index in [1.54, 1.807) is 0 Å². The maximum absolute atomic E-state index is 10.1. The van der Waals surface area contributed by atoms with E-state index in [0.717, 1.165) is 0 Å². The Kier molecular flexibility index (Phi) is 2.44. The zero-order valence-electron chi connectivity index (χ0n) is 4.89. The Balaban J connectivity index is 3.79. The van der Waals surface area contributed by atoms with Gasteiger partial charge in [0.15, 0.2) is 0 Å². The molecule has 4 heteroatoms. The number of hydrogen-bond acceptors (Lipinski definition) is 2. The minimum Gasteiger partial charge on any atom is -0.369 e. The SMILES string of the molecule is C=C(CC(N)=O)C(N)=O. The molecular weight excluding hydrogens is 120 g/mol. The molecule has 0 aliphatic rings. The molecule has 0 saturated carbocycles. The van der Waals surface area contributed by atoms with Crippen LogP contribution in [0.5, 0.6) is 0 Å². The van der Waals surface area contributed by atoms with Gasteiger partial charge in [-0.1, -0.05) is 6.58 Å². The number of amides is 2. The molecule has 0 aromatic rings. The molecule has 0 atom stereocenters. The zero-order chi connectivity index (χ0) is 7.44. The van der Waals surface area contributed by atoms with Gasteiger partial charge in [-0.15, -0.1) is 0 Å². The second-order valence-electron chi connectivity index (χ2n) is 1.61. The van der Waals surface area contributed by atoms with E-state index < -0.39 is 11.8 Å². The van der Waals surface area contributed by atoms with Crippen LogP contribution in [0.3, 0.4) is 0 Å². The van der Waals surface area contributed by atoms with Gasteiger partial charge in [-0.3, -0.25) is 9.59 Å². The molecule has 0 aromatic heterocycles. The molecule has 0 saturated heterocycles. The Hall–Kier alpha value is -1.32. The highest BCUT2D eigenvalue weighted by atomic mass is 16.2. The molecule has 0 aliphatic heterocycles. The molecule has 0 bridgehead atoms. The van der Waals surface area contributed by atoms with Crippen molar-refractivity contribution in [3.8, 4) is 0 Å². The Labute approximate surface area is 52.5 Å². The minimum atomic E-state index is -0.686. The van der Waals surface area contributed by atoms with Gasteiger partial charge >= 0.3 is 0 Å². The van der Waals surface area contributed by atoms with Crippen LogP contribution in [0.15, 0.2) is 12.2 Å². The topological polar surface area (TPSA) is 86.2 Å². The van der Waals surface area contributed by atoms with E-state index in [9.17, 15) is 9.59 Å². The quantitative estimate of drug-likeness (QED) is 0.473. The fourth-order valence-corrected chi connectivity index (χ4v) is 0.297. The first-order valence-corrected chi connectivity index (χ1v) is 2.30. The highest BCUT2D eigenvalue weighted by Crippen LogP contribution is 1.92. The van der Waals surface area contributed by atoms with Gasteiger partial charge in [0.25, 0.3) is 0 Å². The number of primary amides is 2. The van der Waals surface area contributed by atoms with Crippen LogP contribution in [0.25, 0.3) is 0 Å². The van der Waals surface area contributed by atoms with E-state index in [0.29, 0.717) is 0 Å². The molecule has 0 radical (unpaired) electrons. The molecular formula is C5H8N2O2. The molecule has 2 amide bonds. The third-order valence-electron chi connectivity index (χ3n) is 0.736. The fourth-order valence-electron chi connectivity index (χ4n) is 0.297. The average molecular weight is 128 g/mol. The third-order valence-corrected chi connectivity index (χ3v) is 0.736. The average Bonchev–Trinajstić information content (AvgIpc) is 1.63. The van der Waals surface area contributed by atoms with Crippen molar-refractivity contribution in [2.75, 3.05) is 0 Å². The summed E-state index contributed by atoms with van der Waals surface area (Å²) in [5.74, 6) is -1.28. The molecule has 0 aliphatic carbocycles. The van der Waals surface area contributed by atoms with Crippen LogP contribution in [0.1, 0.15) is 6.42 Å². The lowest BCUT2D eigenvalue weighted by Crippen LogP contribution is -2.19. The Morgan fingerprint density at radius 3 is 1.89 bits per heavy atom. The predicted molar refractivity (Wildman–Crippen MR) is 32.1 cm³/mol. The van der Waals surface area contributed by atoms with Crippen LogP contribution in [0.2, 0.25) is 0 Å². The second-order valence-corrected chi connectivity index (χ2v) is 1.61. The Bertz CT molecular complexity index is 162. The summed E-state index contributed by atoms with van der Waals surface area (Å²) in [7, 11) is 0. The Morgan fingerprint density at radius 2 is 1.78 bits per heavy atom. The van der Waals surface area contributed by atoms with Gasteiger partial charge < -0.3 is 11.5 Å². The first-order valence-electron chi connectivity index (χ1n) is 2.30. The van der Waals surface area contributed by atoms with Crippen LogP contribution in [0.4, 0.5) is 0 Å². The number of carbonyl (C=O) groups excluding carboxylic acids is 2. The van der Waals surface area contributed by atoms with Crippen LogP contribution in [-0.4, -0.2) is 11.8 Å². The largest absolute Gasteiger partial charge is 0.369 e. The first kappa shape index (κ1) is 7.68.